The van der Waals surface area contributed by atoms with Gasteiger partial charge in [0.1, 0.15) is 8.07 Å². The van der Waals surface area contributed by atoms with Crippen molar-refractivity contribution in [2.45, 2.75) is 45.4 Å². The molecule has 2 aromatic carbocycles. The van der Waals surface area contributed by atoms with Crippen molar-refractivity contribution in [3.63, 3.8) is 0 Å². The third-order valence-electron chi connectivity index (χ3n) is 6.57. The van der Waals surface area contributed by atoms with Crippen LogP contribution < -0.4 is 10.8 Å². The third-order valence-corrected chi connectivity index (χ3v) is 11.9. The Morgan fingerprint density at radius 3 is 2.03 bits per heavy atom. The van der Waals surface area contributed by atoms with E-state index in [1.54, 1.807) is 6.07 Å². The second kappa shape index (κ2) is 8.48. The van der Waals surface area contributed by atoms with Gasteiger partial charge in [0.25, 0.3) is 0 Å². The minimum atomic E-state index is -1.86. The predicted molar refractivity (Wildman–Crippen MR) is 128 cm³/mol. The van der Waals surface area contributed by atoms with Crippen LogP contribution in [0.1, 0.15) is 26.3 Å². The first kappa shape index (κ1) is 20.4. The van der Waals surface area contributed by atoms with Crippen LogP contribution in [-0.4, -0.2) is 12.6 Å². The molecule has 0 amide bonds. The van der Waals surface area contributed by atoms with Crippen molar-refractivity contribution >= 4 is 24.6 Å². The van der Waals surface area contributed by atoms with Gasteiger partial charge in [0.2, 0.25) is 5.71 Å². The number of fused-ring (bicyclic) bond motifs is 1. The van der Waals surface area contributed by atoms with Crippen LogP contribution in [0.3, 0.4) is 0 Å². The Balaban J connectivity index is 2.04. The van der Waals surface area contributed by atoms with Gasteiger partial charge >= 0.3 is 0 Å². The van der Waals surface area contributed by atoms with Gasteiger partial charge < -0.3 is 8.98 Å². The van der Waals surface area contributed by atoms with E-state index < -0.39 is 8.07 Å². The van der Waals surface area contributed by atoms with Gasteiger partial charge in [-0.2, -0.15) is 0 Å². The molecule has 0 atom stereocenters. The van der Waals surface area contributed by atoms with Crippen molar-refractivity contribution < 1.29 is 4.42 Å². The lowest BCUT2D eigenvalue weighted by Gasteiger charge is -2.26. The van der Waals surface area contributed by atoms with Gasteiger partial charge in [0.15, 0.2) is 5.43 Å². The van der Waals surface area contributed by atoms with E-state index >= 15 is 0 Å². The van der Waals surface area contributed by atoms with Gasteiger partial charge in [-0.1, -0.05) is 99.6 Å². The average Bonchev–Trinajstić information content (AvgIpc) is 3.21. The number of benzene rings is 2. The van der Waals surface area contributed by atoms with Gasteiger partial charge in [0.05, 0.1) is 17.3 Å². The number of hydrogen-bond donors (Lipinski definition) is 0. The zero-order valence-corrected chi connectivity index (χ0v) is 19.0. The topological polar surface area (TPSA) is 35.1 Å². The zero-order valence-electron chi connectivity index (χ0n) is 18.0. The molecule has 0 radical (unpaired) electrons. The van der Waals surface area contributed by atoms with Gasteiger partial charge in [0, 0.05) is 17.8 Å². The molecular weight excluding hydrogens is 386 g/mol. The van der Waals surface area contributed by atoms with Gasteiger partial charge in [-0.15, -0.1) is 0 Å². The fraction of sp³-hybridized carbons (Fsp3) is 0.269. The van der Waals surface area contributed by atoms with Crippen molar-refractivity contribution in [2.75, 3.05) is 0 Å². The van der Waals surface area contributed by atoms with Crippen molar-refractivity contribution in [3.05, 3.63) is 88.7 Å². The standard InChI is InChI=1S/C26H29NO2Si/c1-4-30(5-2,6-3)26-23(21-15-11-8-12-16-21)24-22(28)17-18-27(25(24)29-26)19-20-13-9-7-10-14-20/h7-18H,4-6,19H2,1-3H3. The summed E-state index contributed by atoms with van der Waals surface area (Å²) in [4.78, 5) is 13.1. The normalized spacial score (nSPS) is 11.8. The van der Waals surface area contributed by atoms with E-state index in [0.717, 1.165) is 40.0 Å². The van der Waals surface area contributed by atoms with Crippen molar-refractivity contribution in [3.8, 4) is 11.1 Å². The second-order valence-electron chi connectivity index (χ2n) is 7.99. The predicted octanol–water partition coefficient (Wildman–Crippen LogP) is 6.03. The van der Waals surface area contributed by atoms with Crippen LogP contribution in [0.2, 0.25) is 18.1 Å². The summed E-state index contributed by atoms with van der Waals surface area (Å²) in [6, 6.07) is 25.6. The number of rotatable bonds is 7. The first-order valence-electron chi connectivity index (χ1n) is 10.9. The lowest BCUT2D eigenvalue weighted by Crippen LogP contribution is -2.46. The summed E-state index contributed by atoms with van der Waals surface area (Å²) in [5.41, 5.74) is 4.02. The SMILES string of the molecule is CC[Si](CC)(CC)c1oc2c(c1-c1ccccc1)c(=O)ccn2Cc1ccccc1. The summed E-state index contributed by atoms with van der Waals surface area (Å²) >= 11 is 0. The number of nitrogens with zero attached hydrogens (tertiary/aromatic N) is 1. The maximum absolute atomic E-state index is 13.1. The van der Waals surface area contributed by atoms with E-state index in [9.17, 15) is 4.79 Å². The molecule has 30 heavy (non-hydrogen) atoms. The monoisotopic (exact) mass is 415 g/mol. The smallest absolute Gasteiger partial charge is 0.211 e. The number of hydrogen-bond acceptors (Lipinski definition) is 2. The van der Waals surface area contributed by atoms with Crippen molar-refractivity contribution in [1.29, 1.82) is 0 Å². The van der Waals surface area contributed by atoms with E-state index in [4.69, 9.17) is 4.42 Å². The summed E-state index contributed by atoms with van der Waals surface area (Å²) in [5, 5.41) is 1.81. The van der Waals surface area contributed by atoms with E-state index in [1.165, 1.54) is 5.56 Å². The highest BCUT2D eigenvalue weighted by Gasteiger charge is 2.37. The molecule has 4 heteroatoms. The molecule has 0 spiro atoms. The van der Waals surface area contributed by atoms with Gasteiger partial charge in [-0.25, -0.2) is 0 Å². The first-order valence-corrected chi connectivity index (χ1v) is 13.5. The molecule has 0 aliphatic carbocycles. The Hall–Kier alpha value is -2.85. The highest BCUT2D eigenvalue weighted by atomic mass is 28.3. The maximum Gasteiger partial charge on any atom is 0.211 e. The Morgan fingerprint density at radius 1 is 0.833 bits per heavy atom. The lowest BCUT2D eigenvalue weighted by atomic mass is 10.1. The molecule has 0 saturated carbocycles. The van der Waals surface area contributed by atoms with Crippen LogP contribution in [0.4, 0.5) is 0 Å². The molecule has 3 nitrogen and oxygen atoms in total. The second-order valence-corrected chi connectivity index (χ2v) is 13.1. The summed E-state index contributed by atoms with van der Waals surface area (Å²) in [7, 11) is -1.86. The highest BCUT2D eigenvalue weighted by Crippen LogP contribution is 2.33. The van der Waals surface area contributed by atoms with Crippen LogP contribution >= 0.6 is 0 Å². The molecular formula is C26H29NO2Si. The number of aromatic nitrogens is 1. The van der Waals surface area contributed by atoms with E-state index in [0.29, 0.717) is 12.3 Å². The molecule has 0 bridgehead atoms. The quantitative estimate of drug-likeness (QED) is 0.346. The molecule has 0 saturated heterocycles. The van der Waals surface area contributed by atoms with Crippen LogP contribution in [0.15, 0.2) is 82.1 Å². The largest absolute Gasteiger partial charge is 0.449 e. The minimum Gasteiger partial charge on any atom is -0.449 e. The fourth-order valence-corrected chi connectivity index (χ4v) is 8.12. The molecule has 0 N–H and O–H groups in total. The number of furan rings is 1. The van der Waals surface area contributed by atoms with E-state index in [1.807, 2.05) is 42.6 Å². The molecule has 0 fully saturated rings. The van der Waals surface area contributed by atoms with Gasteiger partial charge in [-0.05, 0) is 11.1 Å². The Morgan fingerprint density at radius 2 is 1.43 bits per heavy atom. The summed E-state index contributed by atoms with van der Waals surface area (Å²) in [6.45, 7) is 7.50. The minimum absolute atomic E-state index is 0.0365. The zero-order chi connectivity index (χ0) is 21.1. The van der Waals surface area contributed by atoms with Gasteiger partial charge in [-0.3, -0.25) is 4.79 Å². The van der Waals surface area contributed by atoms with Crippen LogP contribution in [-0.2, 0) is 6.54 Å². The molecule has 2 heterocycles. The summed E-state index contributed by atoms with van der Waals surface area (Å²) in [6.07, 6.45) is 1.87. The highest BCUT2D eigenvalue weighted by molar-refractivity contribution is 6.92. The molecule has 0 aliphatic heterocycles. The Bertz CT molecular complexity index is 1180. The summed E-state index contributed by atoms with van der Waals surface area (Å²) in [5.74, 6) is 0. The Labute approximate surface area is 179 Å². The lowest BCUT2D eigenvalue weighted by molar-refractivity contribution is 0.596. The summed E-state index contributed by atoms with van der Waals surface area (Å²) < 4.78 is 8.79. The van der Waals surface area contributed by atoms with Crippen molar-refractivity contribution in [1.82, 2.24) is 4.57 Å². The van der Waals surface area contributed by atoms with Crippen molar-refractivity contribution in [2.24, 2.45) is 0 Å². The molecule has 0 aliphatic rings. The van der Waals surface area contributed by atoms with Crippen LogP contribution in [0.5, 0.6) is 0 Å². The van der Waals surface area contributed by atoms with E-state index in [-0.39, 0.29) is 5.43 Å². The maximum atomic E-state index is 13.1. The molecule has 2 aromatic heterocycles. The molecule has 4 rings (SSSR count). The average molecular weight is 416 g/mol. The Kier molecular flexibility index (Phi) is 5.77. The van der Waals surface area contributed by atoms with E-state index in [2.05, 4.69) is 49.6 Å². The number of pyridine rings is 1. The molecule has 154 valence electrons. The van der Waals surface area contributed by atoms with Crippen LogP contribution in [0.25, 0.3) is 22.2 Å². The molecule has 4 aromatic rings. The molecule has 0 unspecified atom stereocenters. The third kappa shape index (κ3) is 3.45. The first-order chi connectivity index (χ1) is 14.6. The van der Waals surface area contributed by atoms with Crippen LogP contribution in [0, 0.1) is 0 Å². The fourth-order valence-electron chi connectivity index (χ4n) is 4.55.